The third kappa shape index (κ3) is 4.41. The molecule has 0 spiro atoms. The van der Waals surface area contributed by atoms with Gasteiger partial charge in [0.1, 0.15) is 5.83 Å². The van der Waals surface area contributed by atoms with Crippen molar-refractivity contribution in [1.82, 2.24) is 0 Å². The molecule has 1 rings (SSSR count). The van der Waals surface area contributed by atoms with Crippen LogP contribution in [0.4, 0.5) is 4.39 Å². The summed E-state index contributed by atoms with van der Waals surface area (Å²) in [6.45, 7) is 24.1. The van der Waals surface area contributed by atoms with Crippen molar-refractivity contribution in [3.05, 3.63) is 34.2 Å². The molecule has 0 aromatic carbocycles. The monoisotopic (exact) mass is 334 g/mol. The first-order chi connectivity index (χ1) is 10.6. The number of hydrogen-bond donors (Lipinski definition) is 0. The molecule has 0 nitrogen and oxygen atoms in total. The zero-order valence-corrected chi connectivity index (χ0v) is 17.9. The molecule has 138 valence electrons. The van der Waals surface area contributed by atoms with E-state index in [1.807, 2.05) is 0 Å². The second-order valence-corrected chi connectivity index (χ2v) is 10.5. The molecule has 0 fully saturated rings. The van der Waals surface area contributed by atoms with Crippen LogP contribution in [0.15, 0.2) is 34.2 Å². The topological polar surface area (TPSA) is 0 Å². The summed E-state index contributed by atoms with van der Waals surface area (Å²) in [5.41, 5.74) is 4.05. The van der Waals surface area contributed by atoms with Gasteiger partial charge in [-0.2, -0.15) is 0 Å². The van der Waals surface area contributed by atoms with Gasteiger partial charge in [-0.05, 0) is 46.3 Å². The SMILES string of the molecule is CCCC1=C(F)C(C(C)(C)C)=C(C)C(C(C)(C)C)C=C1C(C)(C)C. The minimum atomic E-state index is -0.197. The molecule has 1 aliphatic rings. The molecule has 0 saturated heterocycles. The van der Waals surface area contributed by atoms with Crippen molar-refractivity contribution in [1.29, 1.82) is 0 Å². The first kappa shape index (κ1) is 21.2. The minimum Gasteiger partial charge on any atom is -0.206 e. The van der Waals surface area contributed by atoms with Gasteiger partial charge in [0, 0.05) is 5.92 Å². The Hall–Kier alpha value is -0.850. The molecule has 0 aliphatic heterocycles. The van der Waals surface area contributed by atoms with Crippen LogP contribution >= 0.6 is 0 Å². The van der Waals surface area contributed by atoms with Gasteiger partial charge in [0.15, 0.2) is 0 Å². The highest BCUT2D eigenvalue weighted by atomic mass is 19.1. The molecule has 0 aromatic heterocycles. The predicted octanol–water partition coefficient (Wildman–Crippen LogP) is 8.02. The van der Waals surface area contributed by atoms with Crippen molar-refractivity contribution in [2.75, 3.05) is 0 Å². The summed E-state index contributed by atoms with van der Waals surface area (Å²) < 4.78 is 15.8. The molecular formula is C23H39F. The van der Waals surface area contributed by atoms with E-state index in [2.05, 4.69) is 82.2 Å². The highest BCUT2D eigenvalue weighted by Crippen LogP contribution is 2.50. The summed E-state index contributed by atoms with van der Waals surface area (Å²) in [7, 11) is 0. The van der Waals surface area contributed by atoms with Crippen LogP contribution in [-0.4, -0.2) is 0 Å². The zero-order chi connectivity index (χ0) is 19.1. The summed E-state index contributed by atoms with van der Waals surface area (Å²) in [5, 5.41) is 0. The van der Waals surface area contributed by atoms with E-state index >= 15 is 4.39 Å². The maximum Gasteiger partial charge on any atom is 0.130 e. The zero-order valence-electron chi connectivity index (χ0n) is 17.9. The second-order valence-electron chi connectivity index (χ2n) is 10.5. The van der Waals surface area contributed by atoms with E-state index in [1.54, 1.807) is 0 Å². The molecule has 0 bridgehead atoms. The summed E-state index contributed by atoms with van der Waals surface area (Å²) in [6.07, 6.45) is 4.14. The van der Waals surface area contributed by atoms with E-state index in [0.717, 1.165) is 24.0 Å². The molecule has 0 aromatic rings. The minimum absolute atomic E-state index is 0.0368. The van der Waals surface area contributed by atoms with Crippen molar-refractivity contribution < 1.29 is 4.39 Å². The predicted molar refractivity (Wildman–Crippen MR) is 106 cm³/mol. The standard InChI is InChI=1S/C23H39F/c1-12-13-16-18(22(6,7)8)14-17(21(3,4)5)15(2)19(20(16)24)23(9,10)11/h14,17H,12-13H2,1-11H3. The van der Waals surface area contributed by atoms with E-state index in [0.29, 0.717) is 0 Å². The second kappa shape index (κ2) is 6.81. The van der Waals surface area contributed by atoms with E-state index < -0.39 is 0 Å². The molecule has 1 aliphatic carbocycles. The quantitative estimate of drug-likeness (QED) is 0.479. The van der Waals surface area contributed by atoms with Crippen LogP contribution in [0.5, 0.6) is 0 Å². The normalized spacial score (nSPS) is 21.2. The van der Waals surface area contributed by atoms with E-state index in [9.17, 15) is 0 Å². The molecule has 1 heteroatoms. The highest BCUT2D eigenvalue weighted by molar-refractivity contribution is 5.51. The van der Waals surface area contributed by atoms with Crippen LogP contribution in [0.1, 0.15) is 89.0 Å². The fraction of sp³-hybridized carbons (Fsp3) is 0.739. The lowest BCUT2D eigenvalue weighted by Gasteiger charge is -2.34. The van der Waals surface area contributed by atoms with Gasteiger partial charge in [-0.3, -0.25) is 0 Å². The van der Waals surface area contributed by atoms with Crippen molar-refractivity contribution in [3.63, 3.8) is 0 Å². The molecule has 1 unspecified atom stereocenters. The van der Waals surface area contributed by atoms with Gasteiger partial charge in [-0.25, -0.2) is 4.39 Å². The van der Waals surface area contributed by atoms with Gasteiger partial charge in [0.05, 0.1) is 0 Å². The first-order valence-corrected chi connectivity index (χ1v) is 9.45. The van der Waals surface area contributed by atoms with Gasteiger partial charge in [-0.15, -0.1) is 0 Å². The maximum absolute atomic E-state index is 15.8. The first-order valence-electron chi connectivity index (χ1n) is 9.45. The lowest BCUT2D eigenvalue weighted by molar-refractivity contribution is 0.320. The Morgan fingerprint density at radius 1 is 0.917 bits per heavy atom. The number of hydrogen-bond acceptors (Lipinski definition) is 0. The number of rotatable bonds is 2. The number of halogens is 1. The van der Waals surface area contributed by atoms with Gasteiger partial charge in [0.25, 0.3) is 0 Å². The van der Waals surface area contributed by atoms with Gasteiger partial charge in [-0.1, -0.05) is 87.3 Å². The maximum atomic E-state index is 15.8. The van der Waals surface area contributed by atoms with Crippen LogP contribution in [0.25, 0.3) is 0 Å². The molecule has 0 heterocycles. The molecule has 0 N–H and O–H groups in total. The summed E-state index contributed by atoms with van der Waals surface area (Å²) in [5.74, 6) is 0.288. The molecule has 1 atom stereocenters. The van der Waals surface area contributed by atoms with Crippen molar-refractivity contribution in [2.45, 2.75) is 89.0 Å². The fourth-order valence-corrected chi connectivity index (χ4v) is 4.01. The Morgan fingerprint density at radius 3 is 1.75 bits per heavy atom. The van der Waals surface area contributed by atoms with Crippen molar-refractivity contribution in [3.8, 4) is 0 Å². The lowest BCUT2D eigenvalue weighted by Crippen LogP contribution is -2.24. The number of allylic oxidation sites excluding steroid dienone is 6. The molecule has 0 amide bonds. The average Bonchev–Trinajstić information content (AvgIpc) is 2.43. The summed E-state index contributed by atoms with van der Waals surface area (Å²) in [6, 6.07) is 0. The van der Waals surface area contributed by atoms with Crippen molar-refractivity contribution >= 4 is 0 Å². The van der Waals surface area contributed by atoms with E-state index in [4.69, 9.17) is 0 Å². The van der Waals surface area contributed by atoms with Crippen LogP contribution in [0, 0.1) is 22.2 Å². The molecule has 0 saturated carbocycles. The van der Waals surface area contributed by atoms with Gasteiger partial charge < -0.3 is 0 Å². The van der Waals surface area contributed by atoms with Crippen LogP contribution < -0.4 is 0 Å². The van der Waals surface area contributed by atoms with Crippen molar-refractivity contribution in [2.24, 2.45) is 22.2 Å². The Morgan fingerprint density at radius 2 is 1.42 bits per heavy atom. The Kier molecular flexibility index (Phi) is 6.01. The van der Waals surface area contributed by atoms with E-state index in [-0.39, 0.29) is 28.0 Å². The lowest BCUT2D eigenvalue weighted by atomic mass is 9.71. The Labute approximate surface area is 150 Å². The third-order valence-corrected chi connectivity index (χ3v) is 4.99. The average molecular weight is 335 g/mol. The van der Waals surface area contributed by atoms with Gasteiger partial charge >= 0.3 is 0 Å². The van der Waals surface area contributed by atoms with Crippen LogP contribution in [0.2, 0.25) is 0 Å². The summed E-state index contributed by atoms with van der Waals surface area (Å²) in [4.78, 5) is 0. The molecule has 24 heavy (non-hydrogen) atoms. The van der Waals surface area contributed by atoms with Crippen LogP contribution in [-0.2, 0) is 0 Å². The van der Waals surface area contributed by atoms with Gasteiger partial charge in [0.2, 0.25) is 0 Å². The summed E-state index contributed by atoms with van der Waals surface area (Å²) >= 11 is 0. The van der Waals surface area contributed by atoms with E-state index in [1.165, 1.54) is 11.1 Å². The smallest absolute Gasteiger partial charge is 0.130 e. The largest absolute Gasteiger partial charge is 0.206 e. The third-order valence-electron chi connectivity index (χ3n) is 4.99. The molecule has 0 radical (unpaired) electrons. The Balaban J connectivity index is 3.88. The Bertz CT molecular complexity index is 563. The fourth-order valence-electron chi connectivity index (χ4n) is 4.01. The highest BCUT2D eigenvalue weighted by Gasteiger charge is 2.37. The molecular weight excluding hydrogens is 295 g/mol. The van der Waals surface area contributed by atoms with Crippen LogP contribution in [0.3, 0.4) is 0 Å².